The zero-order valence-corrected chi connectivity index (χ0v) is 14.2. The molecule has 21 heavy (non-hydrogen) atoms. The Balaban J connectivity index is 2.09. The summed E-state index contributed by atoms with van der Waals surface area (Å²) in [6.45, 7) is 12.1. The van der Waals surface area contributed by atoms with E-state index in [2.05, 4.69) is 50.0 Å². The highest BCUT2D eigenvalue weighted by Crippen LogP contribution is 2.23. The molecule has 3 heteroatoms. The Morgan fingerprint density at radius 3 is 2.86 bits per heavy atom. The lowest BCUT2D eigenvalue weighted by Crippen LogP contribution is -2.33. The van der Waals surface area contributed by atoms with Crippen LogP contribution in [0.4, 0.5) is 5.82 Å². The minimum atomic E-state index is 0.610. The molecule has 1 aliphatic heterocycles. The van der Waals surface area contributed by atoms with Crippen LogP contribution in [0.2, 0.25) is 0 Å². The van der Waals surface area contributed by atoms with Crippen LogP contribution in [0.5, 0.6) is 0 Å². The molecule has 0 spiro atoms. The molecule has 1 aromatic rings. The quantitative estimate of drug-likeness (QED) is 0.891. The van der Waals surface area contributed by atoms with Gasteiger partial charge >= 0.3 is 0 Å². The molecule has 1 aliphatic rings. The van der Waals surface area contributed by atoms with E-state index in [1.165, 1.54) is 37.1 Å². The van der Waals surface area contributed by atoms with Crippen LogP contribution in [0, 0.1) is 12.8 Å². The van der Waals surface area contributed by atoms with Gasteiger partial charge in [0.2, 0.25) is 0 Å². The molecular weight excluding hydrogens is 258 g/mol. The molecule has 1 fully saturated rings. The van der Waals surface area contributed by atoms with Crippen molar-refractivity contribution in [2.75, 3.05) is 18.0 Å². The van der Waals surface area contributed by atoms with E-state index >= 15 is 0 Å². The monoisotopic (exact) mass is 289 g/mol. The summed E-state index contributed by atoms with van der Waals surface area (Å²) in [5, 5.41) is 3.54. The topological polar surface area (TPSA) is 28.2 Å². The first-order chi connectivity index (χ1) is 10.1. The number of hydrogen-bond acceptors (Lipinski definition) is 3. The highest BCUT2D eigenvalue weighted by molar-refractivity contribution is 5.43. The van der Waals surface area contributed by atoms with Crippen molar-refractivity contribution in [3.8, 4) is 0 Å². The van der Waals surface area contributed by atoms with Gasteiger partial charge in [-0.2, -0.15) is 0 Å². The van der Waals surface area contributed by atoms with Gasteiger partial charge in [0.25, 0.3) is 0 Å². The van der Waals surface area contributed by atoms with Crippen LogP contribution in [-0.4, -0.2) is 24.1 Å². The van der Waals surface area contributed by atoms with Crippen molar-refractivity contribution in [3.05, 3.63) is 23.4 Å². The number of aromatic nitrogens is 1. The van der Waals surface area contributed by atoms with Crippen molar-refractivity contribution in [1.29, 1.82) is 0 Å². The molecule has 1 N–H and O–H groups in total. The summed E-state index contributed by atoms with van der Waals surface area (Å²) in [5.74, 6) is 1.86. The smallest absolute Gasteiger partial charge is 0.129 e. The van der Waals surface area contributed by atoms with Gasteiger partial charge in [-0.3, -0.25) is 0 Å². The number of aryl methyl sites for hydroxylation is 1. The first-order valence-corrected chi connectivity index (χ1v) is 8.51. The Kier molecular flexibility index (Phi) is 6.04. The third kappa shape index (κ3) is 4.99. The average molecular weight is 289 g/mol. The summed E-state index contributed by atoms with van der Waals surface area (Å²) in [7, 11) is 0. The lowest BCUT2D eigenvalue weighted by molar-refractivity contribution is 0.551. The summed E-state index contributed by atoms with van der Waals surface area (Å²) in [6, 6.07) is 5.10. The number of pyridine rings is 1. The maximum absolute atomic E-state index is 4.79. The lowest BCUT2D eigenvalue weighted by Gasteiger charge is -2.29. The number of nitrogens with zero attached hydrogens (tertiary/aromatic N) is 2. The number of rotatable bonds is 5. The second kappa shape index (κ2) is 7.79. The van der Waals surface area contributed by atoms with Crippen LogP contribution in [0.25, 0.3) is 0 Å². The van der Waals surface area contributed by atoms with Crippen molar-refractivity contribution in [2.24, 2.45) is 5.92 Å². The Hall–Kier alpha value is -1.09. The van der Waals surface area contributed by atoms with Crippen molar-refractivity contribution in [1.82, 2.24) is 10.3 Å². The van der Waals surface area contributed by atoms with Crippen molar-refractivity contribution in [2.45, 2.75) is 66.0 Å². The SMILES string of the molecule is Cc1cc(CNCC(C)C)cc(N2CCCCCC2C)n1. The van der Waals surface area contributed by atoms with Gasteiger partial charge in [0, 0.05) is 24.8 Å². The summed E-state index contributed by atoms with van der Waals surface area (Å²) >= 11 is 0. The molecule has 1 unspecified atom stereocenters. The van der Waals surface area contributed by atoms with Crippen LogP contribution in [-0.2, 0) is 6.54 Å². The predicted octanol–water partition coefficient (Wildman–Crippen LogP) is 3.90. The van der Waals surface area contributed by atoms with Gasteiger partial charge in [0.05, 0.1) is 0 Å². The van der Waals surface area contributed by atoms with E-state index < -0.39 is 0 Å². The van der Waals surface area contributed by atoms with E-state index in [9.17, 15) is 0 Å². The first kappa shape index (κ1) is 16.3. The summed E-state index contributed by atoms with van der Waals surface area (Å²) in [6.07, 6.45) is 5.29. The fourth-order valence-electron chi connectivity index (χ4n) is 3.09. The molecule has 3 nitrogen and oxygen atoms in total. The maximum Gasteiger partial charge on any atom is 0.129 e. The lowest BCUT2D eigenvalue weighted by atomic mass is 10.1. The Bertz CT molecular complexity index is 442. The van der Waals surface area contributed by atoms with Crippen LogP contribution in [0.3, 0.4) is 0 Å². The van der Waals surface area contributed by atoms with Crippen molar-refractivity contribution < 1.29 is 0 Å². The van der Waals surface area contributed by atoms with E-state index in [1.807, 2.05) is 0 Å². The fraction of sp³-hybridized carbons (Fsp3) is 0.722. The zero-order valence-electron chi connectivity index (χ0n) is 14.2. The molecule has 0 amide bonds. The van der Waals surface area contributed by atoms with Gasteiger partial charge in [-0.1, -0.05) is 26.7 Å². The van der Waals surface area contributed by atoms with E-state index in [-0.39, 0.29) is 0 Å². The number of nitrogens with one attached hydrogen (secondary N) is 1. The molecule has 1 saturated heterocycles. The van der Waals surface area contributed by atoms with Gasteiger partial charge in [-0.25, -0.2) is 4.98 Å². The third-order valence-corrected chi connectivity index (χ3v) is 4.23. The van der Waals surface area contributed by atoms with Gasteiger partial charge in [-0.15, -0.1) is 0 Å². The van der Waals surface area contributed by atoms with Crippen LogP contribution >= 0.6 is 0 Å². The molecule has 118 valence electrons. The Morgan fingerprint density at radius 1 is 1.29 bits per heavy atom. The van der Waals surface area contributed by atoms with E-state index in [1.54, 1.807) is 0 Å². The van der Waals surface area contributed by atoms with E-state index in [0.717, 1.165) is 25.3 Å². The second-order valence-electron chi connectivity index (χ2n) is 6.89. The molecule has 1 atom stereocenters. The normalized spacial score (nSPS) is 19.9. The number of hydrogen-bond donors (Lipinski definition) is 1. The highest BCUT2D eigenvalue weighted by Gasteiger charge is 2.18. The van der Waals surface area contributed by atoms with Crippen molar-refractivity contribution >= 4 is 5.82 Å². The van der Waals surface area contributed by atoms with Gasteiger partial charge < -0.3 is 10.2 Å². The number of anilines is 1. The summed E-state index contributed by atoms with van der Waals surface area (Å²) in [5.41, 5.74) is 2.49. The maximum atomic E-state index is 4.79. The second-order valence-corrected chi connectivity index (χ2v) is 6.89. The Labute approximate surface area is 130 Å². The highest BCUT2D eigenvalue weighted by atomic mass is 15.2. The molecule has 0 aromatic carbocycles. The molecular formula is C18H31N3. The predicted molar refractivity (Wildman–Crippen MR) is 90.8 cm³/mol. The van der Waals surface area contributed by atoms with E-state index in [4.69, 9.17) is 4.98 Å². The Morgan fingerprint density at radius 2 is 2.10 bits per heavy atom. The molecule has 0 radical (unpaired) electrons. The largest absolute Gasteiger partial charge is 0.354 e. The van der Waals surface area contributed by atoms with Crippen LogP contribution < -0.4 is 10.2 Å². The van der Waals surface area contributed by atoms with Crippen molar-refractivity contribution in [3.63, 3.8) is 0 Å². The van der Waals surface area contributed by atoms with Crippen LogP contribution in [0.1, 0.15) is 57.7 Å². The first-order valence-electron chi connectivity index (χ1n) is 8.51. The average Bonchev–Trinajstić information content (AvgIpc) is 2.62. The minimum Gasteiger partial charge on any atom is -0.354 e. The minimum absolute atomic E-state index is 0.610. The van der Waals surface area contributed by atoms with Gasteiger partial charge in [-0.05, 0) is 56.8 Å². The summed E-state index contributed by atoms with van der Waals surface area (Å²) in [4.78, 5) is 7.30. The molecule has 2 rings (SSSR count). The third-order valence-electron chi connectivity index (χ3n) is 4.23. The fourth-order valence-corrected chi connectivity index (χ4v) is 3.09. The van der Waals surface area contributed by atoms with Gasteiger partial charge in [0.1, 0.15) is 5.82 Å². The molecule has 2 heterocycles. The molecule has 0 saturated carbocycles. The molecule has 0 bridgehead atoms. The standard InChI is InChI=1S/C18H31N3/c1-14(2)12-19-13-17-10-15(3)20-18(11-17)21-9-7-5-6-8-16(21)4/h10-11,14,16,19H,5-9,12-13H2,1-4H3. The molecule has 1 aromatic heterocycles. The summed E-state index contributed by atoms with van der Waals surface area (Å²) < 4.78 is 0. The van der Waals surface area contributed by atoms with Crippen LogP contribution in [0.15, 0.2) is 12.1 Å². The van der Waals surface area contributed by atoms with E-state index in [0.29, 0.717) is 12.0 Å². The zero-order chi connectivity index (χ0) is 15.2. The molecule has 0 aliphatic carbocycles. The van der Waals surface area contributed by atoms with Gasteiger partial charge in [0.15, 0.2) is 0 Å².